The molecule has 1 N–H and O–H groups in total. The lowest BCUT2D eigenvalue weighted by atomic mass is 10.1. The third-order valence-electron chi connectivity index (χ3n) is 2.26. The van der Waals surface area contributed by atoms with Crippen molar-refractivity contribution < 1.29 is 8.78 Å². The topological polar surface area (TPSA) is 12.0 Å². The minimum Gasteiger partial charge on any atom is -0.311 e. The van der Waals surface area contributed by atoms with Gasteiger partial charge in [-0.3, -0.25) is 0 Å². The molecule has 0 saturated heterocycles. The molecular formula is C11H23F2N. The van der Waals surface area contributed by atoms with E-state index in [-0.39, 0.29) is 6.54 Å². The number of rotatable bonds is 10. The molecule has 0 aromatic carbocycles. The van der Waals surface area contributed by atoms with Gasteiger partial charge in [-0.15, -0.1) is 0 Å². The fourth-order valence-corrected chi connectivity index (χ4v) is 1.42. The molecule has 3 heteroatoms. The SMILES string of the molecule is CCCCCCCCCNCC(F)F. The van der Waals surface area contributed by atoms with Gasteiger partial charge in [0.15, 0.2) is 0 Å². The van der Waals surface area contributed by atoms with Crippen LogP contribution < -0.4 is 5.32 Å². The molecule has 0 aliphatic rings. The molecule has 0 aliphatic heterocycles. The zero-order valence-electron chi connectivity index (χ0n) is 9.20. The lowest BCUT2D eigenvalue weighted by molar-refractivity contribution is 0.146. The summed E-state index contributed by atoms with van der Waals surface area (Å²) in [6.45, 7) is 2.78. The van der Waals surface area contributed by atoms with Crippen molar-refractivity contribution in [2.45, 2.75) is 58.3 Å². The van der Waals surface area contributed by atoms with E-state index < -0.39 is 6.43 Å². The van der Waals surface area contributed by atoms with E-state index in [4.69, 9.17) is 0 Å². The van der Waals surface area contributed by atoms with Gasteiger partial charge >= 0.3 is 0 Å². The predicted octanol–water partition coefficient (Wildman–Crippen LogP) is 3.59. The molecule has 86 valence electrons. The third-order valence-corrected chi connectivity index (χ3v) is 2.26. The van der Waals surface area contributed by atoms with E-state index in [9.17, 15) is 8.78 Å². The molecule has 0 unspecified atom stereocenters. The fraction of sp³-hybridized carbons (Fsp3) is 1.00. The lowest BCUT2D eigenvalue weighted by Crippen LogP contribution is -2.22. The summed E-state index contributed by atoms with van der Waals surface area (Å²) in [5.41, 5.74) is 0. The average Bonchev–Trinajstić information content (AvgIpc) is 2.15. The molecular weight excluding hydrogens is 184 g/mol. The van der Waals surface area contributed by atoms with Gasteiger partial charge in [-0.2, -0.15) is 0 Å². The monoisotopic (exact) mass is 207 g/mol. The van der Waals surface area contributed by atoms with Gasteiger partial charge in [-0.25, -0.2) is 8.78 Å². The molecule has 0 aromatic rings. The smallest absolute Gasteiger partial charge is 0.250 e. The Balaban J connectivity index is 2.85. The summed E-state index contributed by atoms with van der Waals surface area (Å²) in [5.74, 6) is 0. The van der Waals surface area contributed by atoms with E-state index in [1.165, 1.54) is 38.5 Å². The normalized spacial score (nSPS) is 11.1. The summed E-state index contributed by atoms with van der Waals surface area (Å²) in [6, 6.07) is 0. The Morgan fingerprint density at radius 3 is 2.07 bits per heavy atom. The maximum atomic E-state index is 11.7. The highest BCUT2D eigenvalue weighted by molar-refractivity contribution is 4.50. The van der Waals surface area contributed by atoms with Crippen molar-refractivity contribution in [1.82, 2.24) is 5.32 Å². The van der Waals surface area contributed by atoms with Crippen LogP contribution in [0.15, 0.2) is 0 Å². The highest BCUT2D eigenvalue weighted by Crippen LogP contribution is 2.06. The van der Waals surface area contributed by atoms with Gasteiger partial charge in [0.2, 0.25) is 0 Å². The Labute approximate surface area is 86.3 Å². The number of halogens is 2. The maximum absolute atomic E-state index is 11.7. The zero-order valence-corrected chi connectivity index (χ0v) is 9.20. The summed E-state index contributed by atoms with van der Waals surface area (Å²) in [6.07, 6.45) is 6.44. The number of hydrogen-bond acceptors (Lipinski definition) is 1. The second-order valence-electron chi connectivity index (χ2n) is 3.72. The second-order valence-corrected chi connectivity index (χ2v) is 3.72. The van der Waals surface area contributed by atoms with Crippen molar-refractivity contribution in [3.05, 3.63) is 0 Å². The predicted molar refractivity (Wildman–Crippen MR) is 56.9 cm³/mol. The van der Waals surface area contributed by atoms with Gasteiger partial charge in [0, 0.05) is 0 Å². The number of unbranched alkanes of at least 4 members (excludes halogenated alkanes) is 6. The maximum Gasteiger partial charge on any atom is 0.250 e. The highest BCUT2D eigenvalue weighted by Gasteiger charge is 1.99. The van der Waals surface area contributed by atoms with Gasteiger partial charge in [0.05, 0.1) is 6.54 Å². The summed E-state index contributed by atoms with van der Waals surface area (Å²) in [7, 11) is 0. The first-order valence-corrected chi connectivity index (χ1v) is 5.76. The van der Waals surface area contributed by atoms with Crippen molar-refractivity contribution in [3.8, 4) is 0 Å². The molecule has 0 amide bonds. The number of alkyl halides is 2. The van der Waals surface area contributed by atoms with Crippen molar-refractivity contribution in [2.75, 3.05) is 13.1 Å². The molecule has 0 aromatic heterocycles. The molecule has 0 heterocycles. The lowest BCUT2D eigenvalue weighted by Gasteiger charge is -2.03. The largest absolute Gasteiger partial charge is 0.311 e. The van der Waals surface area contributed by atoms with Crippen LogP contribution in [0.25, 0.3) is 0 Å². The molecule has 1 nitrogen and oxygen atoms in total. The molecule has 0 saturated carbocycles. The van der Waals surface area contributed by atoms with Gasteiger partial charge in [0.25, 0.3) is 6.43 Å². The Morgan fingerprint density at radius 2 is 1.50 bits per heavy atom. The Morgan fingerprint density at radius 1 is 0.929 bits per heavy atom. The third kappa shape index (κ3) is 11.8. The number of hydrogen-bond donors (Lipinski definition) is 1. The van der Waals surface area contributed by atoms with Crippen LogP contribution in [0.1, 0.15) is 51.9 Å². The average molecular weight is 207 g/mol. The Bertz CT molecular complexity index is 107. The van der Waals surface area contributed by atoms with Crippen LogP contribution in [0.4, 0.5) is 8.78 Å². The van der Waals surface area contributed by atoms with Crippen molar-refractivity contribution in [1.29, 1.82) is 0 Å². The molecule has 0 rings (SSSR count). The van der Waals surface area contributed by atoms with Crippen LogP contribution in [-0.4, -0.2) is 19.5 Å². The van der Waals surface area contributed by atoms with Crippen molar-refractivity contribution in [2.24, 2.45) is 0 Å². The van der Waals surface area contributed by atoms with E-state index in [1.54, 1.807) is 0 Å². The molecule has 0 radical (unpaired) electrons. The standard InChI is InChI=1S/C11H23F2N/c1-2-3-4-5-6-7-8-9-14-10-11(12)13/h11,14H,2-10H2,1H3. The first kappa shape index (κ1) is 13.8. The Kier molecular flexibility index (Phi) is 10.8. The van der Waals surface area contributed by atoms with Gasteiger partial charge in [0.1, 0.15) is 0 Å². The second kappa shape index (κ2) is 10.9. The molecule has 14 heavy (non-hydrogen) atoms. The summed E-state index contributed by atoms with van der Waals surface area (Å²) in [4.78, 5) is 0. The van der Waals surface area contributed by atoms with E-state index in [2.05, 4.69) is 12.2 Å². The molecule has 0 atom stereocenters. The summed E-state index contributed by atoms with van der Waals surface area (Å²) >= 11 is 0. The van der Waals surface area contributed by atoms with Crippen molar-refractivity contribution in [3.63, 3.8) is 0 Å². The van der Waals surface area contributed by atoms with Crippen LogP contribution in [0.5, 0.6) is 0 Å². The summed E-state index contributed by atoms with van der Waals surface area (Å²) in [5, 5.41) is 2.74. The van der Waals surface area contributed by atoms with Crippen LogP contribution in [-0.2, 0) is 0 Å². The van der Waals surface area contributed by atoms with E-state index in [0.29, 0.717) is 0 Å². The van der Waals surface area contributed by atoms with Crippen molar-refractivity contribution >= 4 is 0 Å². The van der Waals surface area contributed by atoms with E-state index in [0.717, 1.165) is 13.0 Å². The minimum absolute atomic E-state index is 0.157. The van der Waals surface area contributed by atoms with Crippen LogP contribution in [0.3, 0.4) is 0 Å². The first-order chi connectivity index (χ1) is 6.77. The first-order valence-electron chi connectivity index (χ1n) is 5.76. The fourth-order valence-electron chi connectivity index (χ4n) is 1.42. The molecule has 0 fully saturated rings. The van der Waals surface area contributed by atoms with Crippen LogP contribution in [0.2, 0.25) is 0 Å². The quantitative estimate of drug-likeness (QED) is 0.540. The van der Waals surface area contributed by atoms with Crippen LogP contribution >= 0.6 is 0 Å². The summed E-state index contributed by atoms with van der Waals surface area (Å²) < 4.78 is 23.4. The number of nitrogens with one attached hydrogen (secondary N) is 1. The Hall–Kier alpha value is -0.180. The van der Waals surface area contributed by atoms with Gasteiger partial charge in [-0.1, -0.05) is 45.4 Å². The van der Waals surface area contributed by atoms with E-state index >= 15 is 0 Å². The van der Waals surface area contributed by atoms with Gasteiger partial charge in [-0.05, 0) is 13.0 Å². The molecule has 0 bridgehead atoms. The van der Waals surface area contributed by atoms with Gasteiger partial charge < -0.3 is 5.32 Å². The zero-order chi connectivity index (χ0) is 10.6. The highest BCUT2D eigenvalue weighted by atomic mass is 19.3. The van der Waals surface area contributed by atoms with E-state index in [1.807, 2.05) is 0 Å². The van der Waals surface area contributed by atoms with Crippen LogP contribution in [0, 0.1) is 0 Å². The molecule has 0 spiro atoms. The molecule has 0 aliphatic carbocycles. The minimum atomic E-state index is -2.21.